The van der Waals surface area contributed by atoms with Crippen molar-refractivity contribution in [3.05, 3.63) is 67.3 Å². The van der Waals surface area contributed by atoms with Gasteiger partial charge in [0, 0.05) is 30.3 Å². The van der Waals surface area contributed by atoms with Crippen LogP contribution in [0.15, 0.2) is 30.5 Å². The lowest BCUT2D eigenvalue weighted by atomic mass is 9.72. The summed E-state index contributed by atoms with van der Waals surface area (Å²) in [4.78, 5) is 38.2. The zero-order chi connectivity index (χ0) is 25.5. The summed E-state index contributed by atoms with van der Waals surface area (Å²) < 4.78 is 1.46. The van der Waals surface area contributed by atoms with Crippen LogP contribution in [0.1, 0.15) is 58.5 Å². The number of anilines is 2. The first kappa shape index (κ1) is 24.9. The average molecular weight is 516 g/mol. The van der Waals surface area contributed by atoms with Crippen molar-refractivity contribution in [2.24, 2.45) is 18.4 Å². The van der Waals surface area contributed by atoms with Gasteiger partial charge in [-0.2, -0.15) is 5.10 Å². The number of hydrogen-bond donors (Lipinski definition) is 2. The molecule has 2 aromatic heterocycles. The van der Waals surface area contributed by atoms with Crippen molar-refractivity contribution in [3.8, 4) is 0 Å². The molecule has 0 radical (unpaired) electrons. The van der Waals surface area contributed by atoms with Gasteiger partial charge in [0.2, 0.25) is 0 Å². The molecule has 9 nitrogen and oxygen atoms in total. The molecular weight excluding hydrogens is 490 g/mol. The van der Waals surface area contributed by atoms with Gasteiger partial charge in [0.25, 0.3) is 17.5 Å². The fourth-order valence-corrected chi connectivity index (χ4v) is 5.81. The van der Waals surface area contributed by atoms with Crippen LogP contribution < -0.4 is 10.6 Å². The fraction of sp³-hybridized carbons (Fsp3) is 0.375. The van der Waals surface area contributed by atoms with Crippen LogP contribution in [0.25, 0.3) is 0 Å². The minimum atomic E-state index is -0.551. The smallest absolute Gasteiger partial charge is 0.274 e. The predicted molar refractivity (Wildman–Crippen MR) is 137 cm³/mol. The number of rotatable bonds is 5. The highest BCUT2D eigenvalue weighted by molar-refractivity contribution is 7.17. The van der Waals surface area contributed by atoms with Crippen LogP contribution in [0.4, 0.5) is 16.4 Å². The maximum atomic E-state index is 13.5. The molecule has 1 aromatic carbocycles. The first-order valence-corrected chi connectivity index (χ1v) is 12.3. The number of nitro benzene ring substituents is 1. The molecule has 0 spiro atoms. The monoisotopic (exact) mass is 515 g/mol. The Hall–Kier alpha value is -3.24. The summed E-state index contributed by atoms with van der Waals surface area (Å²) in [6, 6.07) is 5.47. The molecule has 184 valence electrons. The molecule has 35 heavy (non-hydrogen) atoms. The van der Waals surface area contributed by atoms with Gasteiger partial charge < -0.3 is 10.6 Å². The molecule has 0 bridgehead atoms. The number of benzene rings is 1. The predicted octanol–water partition coefficient (Wildman–Crippen LogP) is 5.70. The van der Waals surface area contributed by atoms with Gasteiger partial charge in [0.1, 0.15) is 10.7 Å². The normalized spacial score (nSPS) is 15.4. The number of fused-ring (bicyclic) bond motifs is 1. The Morgan fingerprint density at radius 3 is 2.60 bits per heavy atom. The molecule has 0 fully saturated rings. The number of carbonyl (C=O) groups is 2. The third-order valence-corrected chi connectivity index (χ3v) is 7.91. The van der Waals surface area contributed by atoms with Crippen molar-refractivity contribution < 1.29 is 14.5 Å². The first-order chi connectivity index (χ1) is 16.5. The van der Waals surface area contributed by atoms with Crippen molar-refractivity contribution in [1.82, 2.24) is 9.78 Å². The van der Waals surface area contributed by atoms with E-state index in [-0.39, 0.29) is 27.7 Å². The first-order valence-electron chi connectivity index (χ1n) is 11.1. The quantitative estimate of drug-likeness (QED) is 0.333. The Balaban J connectivity index is 1.72. The summed E-state index contributed by atoms with van der Waals surface area (Å²) in [6.07, 6.45) is 3.95. The van der Waals surface area contributed by atoms with Crippen LogP contribution in [0.5, 0.6) is 0 Å². The van der Waals surface area contributed by atoms with Gasteiger partial charge >= 0.3 is 0 Å². The maximum Gasteiger partial charge on any atom is 0.274 e. The van der Waals surface area contributed by atoms with Gasteiger partial charge in [-0.15, -0.1) is 11.3 Å². The topological polar surface area (TPSA) is 119 Å². The summed E-state index contributed by atoms with van der Waals surface area (Å²) >= 11 is 7.61. The highest BCUT2D eigenvalue weighted by atomic mass is 35.5. The number of non-ortho nitro benzene ring substituents is 1. The molecule has 11 heteroatoms. The lowest BCUT2D eigenvalue weighted by Crippen LogP contribution is -2.27. The Labute approximate surface area is 211 Å². The second-order valence-corrected chi connectivity index (χ2v) is 11.2. The Morgan fingerprint density at radius 2 is 1.97 bits per heavy atom. The lowest BCUT2D eigenvalue weighted by molar-refractivity contribution is -0.384. The SMILES string of the molecule is Cn1nccc1C(=O)Nc1sc2c(c1C(=O)Nc1cc([N+](=O)[O-])ccc1Cl)CC[C@@H](C(C)(C)C)C2. The van der Waals surface area contributed by atoms with E-state index in [0.717, 1.165) is 23.3 Å². The number of thiophene rings is 1. The van der Waals surface area contributed by atoms with Crippen LogP contribution in [-0.4, -0.2) is 26.5 Å². The molecule has 2 amide bonds. The van der Waals surface area contributed by atoms with Crippen LogP contribution in [-0.2, 0) is 19.9 Å². The summed E-state index contributed by atoms with van der Waals surface area (Å²) in [7, 11) is 1.67. The van der Waals surface area contributed by atoms with Gasteiger partial charge in [-0.05, 0) is 48.3 Å². The third kappa shape index (κ3) is 5.08. The molecule has 3 aromatic rings. The average Bonchev–Trinajstić information content (AvgIpc) is 3.36. The lowest BCUT2D eigenvalue weighted by Gasteiger charge is -2.33. The van der Waals surface area contributed by atoms with Gasteiger partial charge in [-0.3, -0.25) is 24.4 Å². The molecule has 1 aliphatic rings. The largest absolute Gasteiger partial charge is 0.320 e. The summed E-state index contributed by atoms with van der Waals surface area (Å²) in [5, 5.41) is 21.5. The number of nitrogens with one attached hydrogen (secondary N) is 2. The van der Waals surface area contributed by atoms with Crippen molar-refractivity contribution >= 4 is 51.1 Å². The van der Waals surface area contributed by atoms with Crippen molar-refractivity contribution in [1.29, 1.82) is 0 Å². The van der Waals surface area contributed by atoms with E-state index in [1.807, 2.05) is 0 Å². The van der Waals surface area contributed by atoms with E-state index in [2.05, 4.69) is 36.5 Å². The Kier molecular flexibility index (Phi) is 6.70. The van der Waals surface area contributed by atoms with E-state index in [1.54, 1.807) is 13.1 Å². The maximum absolute atomic E-state index is 13.5. The van der Waals surface area contributed by atoms with Crippen LogP contribution in [0.3, 0.4) is 0 Å². The molecular formula is C24H26ClN5O4S. The number of hydrogen-bond acceptors (Lipinski definition) is 6. The molecule has 2 heterocycles. The summed E-state index contributed by atoms with van der Waals surface area (Å²) in [5.41, 5.74) is 1.69. The van der Waals surface area contributed by atoms with E-state index in [4.69, 9.17) is 11.6 Å². The van der Waals surface area contributed by atoms with Crippen LogP contribution in [0, 0.1) is 21.4 Å². The minimum absolute atomic E-state index is 0.110. The molecule has 0 saturated carbocycles. The van der Waals surface area contributed by atoms with E-state index in [1.165, 1.54) is 40.4 Å². The Bertz CT molecular complexity index is 1320. The summed E-state index contributed by atoms with van der Waals surface area (Å²) in [5.74, 6) is -0.408. The van der Waals surface area contributed by atoms with Crippen molar-refractivity contribution in [2.45, 2.75) is 40.0 Å². The number of aromatic nitrogens is 2. The molecule has 2 N–H and O–H groups in total. The second-order valence-electron chi connectivity index (χ2n) is 9.68. The highest BCUT2D eigenvalue weighted by Crippen LogP contribution is 2.44. The molecule has 1 atom stereocenters. The third-order valence-electron chi connectivity index (χ3n) is 6.41. The number of carbonyl (C=O) groups excluding carboxylic acids is 2. The van der Waals surface area contributed by atoms with Crippen molar-refractivity contribution in [3.63, 3.8) is 0 Å². The van der Waals surface area contributed by atoms with E-state index >= 15 is 0 Å². The van der Waals surface area contributed by atoms with Crippen LogP contribution >= 0.6 is 22.9 Å². The van der Waals surface area contributed by atoms with Gasteiger partial charge in [0.05, 0.1) is 21.2 Å². The minimum Gasteiger partial charge on any atom is -0.320 e. The van der Waals surface area contributed by atoms with E-state index in [0.29, 0.717) is 28.6 Å². The number of aryl methyl sites for hydroxylation is 1. The van der Waals surface area contributed by atoms with Gasteiger partial charge in [-0.1, -0.05) is 32.4 Å². The molecule has 0 saturated heterocycles. The number of halogens is 1. The number of amides is 2. The van der Waals surface area contributed by atoms with Gasteiger partial charge in [-0.25, -0.2) is 0 Å². The molecule has 1 aliphatic carbocycles. The van der Waals surface area contributed by atoms with Gasteiger partial charge in [0.15, 0.2) is 0 Å². The summed E-state index contributed by atoms with van der Waals surface area (Å²) in [6.45, 7) is 6.62. The zero-order valence-corrected chi connectivity index (χ0v) is 21.4. The van der Waals surface area contributed by atoms with Crippen molar-refractivity contribution in [2.75, 3.05) is 10.6 Å². The molecule has 0 unspecified atom stereocenters. The fourth-order valence-electron chi connectivity index (χ4n) is 4.32. The standard InChI is InChI=1S/C24H26ClN5O4S/c1-24(2,3)13-5-7-15-19(11-13)35-23(28-21(31)18-9-10-26-29(18)4)20(15)22(32)27-17-12-14(30(33)34)6-8-16(17)25/h6,8-10,12-13H,5,7,11H2,1-4H3,(H,27,32)(H,28,31)/t13-/m1/s1. The highest BCUT2D eigenvalue weighted by Gasteiger charge is 2.34. The van der Waals surface area contributed by atoms with Crippen LogP contribution in [0.2, 0.25) is 5.02 Å². The molecule has 4 rings (SSSR count). The van der Waals surface area contributed by atoms with E-state index in [9.17, 15) is 19.7 Å². The number of nitrogens with zero attached hydrogens (tertiary/aromatic N) is 3. The second kappa shape index (κ2) is 9.43. The Morgan fingerprint density at radius 1 is 1.23 bits per heavy atom. The number of nitro groups is 1. The molecule has 0 aliphatic heterocycles. The zero-order valence-electron chi connectivity index (χ0n) is 19.8. The van der Waals surface area contributed by atoms with E-state index < -0.39 is 10.8 Å².